The summed E-state index contributed by atoms with van der Waals surface area (Å²) in [5, 5.41) is 14.2. The largest absolute Gasteiger partial charge is 0.489 e. The van der Waals surface area contributed by atoms with Crippen molar-refractivity contribution < 1.29 is 19.4 Å². The van der Waals surface area contributed by atoms with Crippen molar-refractivity contribution in [2.45, 2.75) is 13.0 Å². The molecule has 4 nitrogen and oxygen atoms in total. The van der Waals surface area contributed by atoms with Crippen molar-refractivity contribution in [3.05, 3.63) is 66.7 Å². The zero-order valence-corrected chi connectivity index (χ0v) is 14.1. The van der Waals surface area contributed by atoms with Gasteiger partial charge in [-0.1, -0.05) is 49.0 Å². The molecule has 0 aromatic heterocycles. The fourth-order valence-electron chi connectivity index (χ4n) is 2.87. The van der Waals surface area contributed by atoms with Gasteiger partial charge in [0, 0.05) is 16.8 Å². The van der Waals surface area contributed by atoms with E-state index in [0.29, 0.717) is 0 Å². The predicted octanol–water partition coefficient (Wildman–Crippen LogP) is 3.77. The summed E-state index contributed by atoms with van der Waals surface area (Å²) in [5.74, 6) is 0.172. The number of aliphatic hydroxyl groups is 1. The predicted molar refractivity (Wildman–Crippen MR) is 98.8 cm³/mol. The number of aliphatic hydroxyl groups excluding tert-OH is 1. The monoisotopic (exact) mass is 336 g/mol. The van der Waals surface area contributed by atoms with Crippen LogP contribution in [0.3, 0.4) is 0 Å². The van der Waals surface area contributed by atoms with Crippen molar-refractivity contribution >= 4 is 27.5 Å². The van der Waals surface area contributed by atoms with Crippen LogP contribution in [0.15, 0.2) is 61.2 Å². The van der Waals surface area contributed by atoms with Crippen molar-refractivity contribution in [3.8, 4) is 5.75 Å². The van der Waals surface area contributed by atoms with Gasteiger partial charge in [0.15, 0.2) is 0 Å². The molecule has 0 saturated heterocycles. The first-order valence-electron chi connectivity index (χ1n) is 8.11. The molecule has 0 radical (unpaired) electrons. The van der Waals surface area contributed by atoms with Gasteiger partial charge < -0.3 is 14.6 Å². The van der Waals surface area contributed by atoms with E-state index in [2.05, 4.69) is 12.6 Å². The summed E-state index contributed by atoms with van der Waals surface area (Å²) < 4.78 is 10.8. The van der Waals surface area contributed by atoms with E-state index in [0.717, 1.165) is 38.9 Å². The topological polar surface area (TPSA) is 55.8 Å². The molecule has 0 spiro atoms. The van der Waals surface area contributed by atoms with Crippen molar-refractivity contribution in [3.63, 3.8) is 0 Å². The Hall–Kier alpha value is -2.85. The molecular weight excluding hydrogens is 316 g/mol. The van der Waals surface area contributed by atoms with Crippen LogP contribution in [0, 0.1) is 6.92 Å². The summed E-state index contributed by atoms with van der Waals surface area (Å²) in [6.07, 6.45) is 0.150. The van der Waals surface area contributed by atoms with Crippen LogP contribution in [0.1, 0.15) is 5.56 Å². The summed E-state index contributed by atoms with van der Waals surface area (Å²) in [4.78, 5) is 11.1. The number of esters is 1. The van der Waals surface area contributed by atoms with Gasteiger partial charge >= 0.3 is 5.97 Å². The molecular formula is C21H20O4. The Morgan fingerprint density at radius 2 is 1.92 bits per heavy atom. The summed E-state index contributed by atoms with van der Waals surface area (Å²) >= 11 is 0. The summed E-state index contributed by atoms with van der Waals surface area (Å²) in [6, 6.07) is 16.2. The molecule has 3 rings (SSSR count). The molecule has 0 fully saturated rings. The zero-order valence-electron chi connectivity index (χ0n) is 14.1. The molecule has 4 heteroatoms. The molecule has 25 heavy (non-hydrogen) atoms. The van der Waals surface area contributed by atoms with Gasteiger partial charge in [-0.3, -0.25) is 0 Å². The molecule has 0 saturated carbocycles. The molecule has 1 atom stereocenters. The lowest BCUT2D eigenvalue weighted by molar-refractivity contribution is -0.141. The molecule has 0 heterocycles. The lowest BCUT2D eigenvalue weighted by atomic mass is 9.99. The summed E-state index contributed by atoms with van der Waals surface area (Å²) in [6.45, 7) is 5.25. The molecule has 3 aromatic carbocycles. The Bertz CT molecular complexity index is 930. The fourth-order valence-corrected chi connectivity index (χ4v) is 2.87. The number of carbonyl (C=O) groups is 1. The third-order valence-electron chi connectivity index (χ3n) is 4.05. The van der Waals surface area contributed by atoms with Crippen molar-refractivity contribution in [1.82, 2.24) is 0 Å². The van der Waals surface area contributed by atoms with Gasteiger partial charge in [-0.25, -0.2) is 4.79 Å². The van der Waals surface area contributed by atoms with E-state index in [-0.39, 0.29) is 13.2 Å². The highest BCUT2D eigenvalue weighted by atomic mass is 16.5. The molecule has 1 unspecified atom stereocenters. The maximum absolute atomic E-state index is 11.1. The maximum atomic E-state index is 11.1. The number of hydrogen-bond donors (Lipinski definition) is 1. The van der Waals surface area contributed by atoms with E-state index in [1.165, 1.54) is 0 Å². The van der Waals surface area contributed by atoms with Crippen LogP contribution in [-0.4, -0.2) is 30.4 Å². The van der Waals surface area contributed by atoms with Gasteiger partial charge in [0.25, 0.3) is 0 Å². The van der Waals surface area contributed by atoms with E-state index >= 15 is 0 Å². The molecule has 3 aromatic rings. The number of rotatable bonds is 6. The SMILES string of the molecule is C=CC(=O)OCC(O)COc1c2ccccc2cc2cccc(C)c12. The van der Waals surface area contributed by atoms with Gasteiger partial charge in [0.2, 0.25) is 0 Å². The Morgan fingerprint density at radius 3 is 2.72 bits per heavy atom. The average molecular weight is 336 g/mol. The molecule has 0 aliphatic rings. The minimum absolute atomic E-state index is 0.0296. The second-order valence-corrected chi connectivity index (χ2v) is 5.90. The van der Waals surface area contributed by atoms with Gasteiger partial charge in [-0.05, 0) is 29.3 Å². The molecule has 0 bridgehead atoms. The molecule has 1 N–H and O–H groups in total. The van der Waals surface area contributed by atoms with Crippen LogP contribution in [0.5, 0.6) is 5.75 Å². The quantitative estimate of drug-likeness (QED) is 0.423. The van der Waals surface area contributed by atoms with Crippen LogP contribution >= 0.6 is 0 Å². The molecule has 0 amide bonds. The third kappa shape index (κ3) is 3.64. The Labute approximate surface area is 146 Å². The first kappa shape index (κ1) is 17.0. The van der Waals surface area contributed by atoms with Crippen LogP contribution in [-0.2, 0) is 9.53 Å². The van der Waals surface area contributed by atoms with E-state index in [9.17, 15) is 9.90 Å². The van der Waals surface area contributed by atoms with Gasteiger partial charge in [-0.2, -0.15) is 0 Å². The highest BCUT2D eigenvalue weighted by Crippen LogP contribution is 2.36. The van der Waals surface area contributed by atoms with E-state index in [1.54, 1.807) is 0 Å². The number of carbonyl (C=O) groups excluding carboxylic acids is 1. The standard InChI is InChI=1S/C21H20O4/c1-3-19(23)24-12-17(22)13-25-21-18-10-5-4-8-15(18)11-16-9-6-7-14(2)20(16)21/h3-11,17,22H,1,12-13H2,2H3. The van der Waals surface area contributed by atoms with Crippen molar-refractivity contribution in [2.24, 2.45) is 0 Å². The first-order valence-corrected chi connectivity index (χ1v) is 8.11. The van der Waals surface area contributed by atoms with Gasteiger partial charge in [0.05, 0.1) is 0 Å². The van der Waals surface area contributed by atoms with Crippen LogP contribution < -0.4 is 4.74 Å². The fraction of sp³-hybridized carbons (Fsp3) is 0.190. The van der Waals surface area contributed by atoms with Crippen LogP contribution in [0.25, 0.3) is 21.5 Å². The lowest BCUT2D eigenvalue weighted by Gasteiger charge is -2.17. The minimum atomic E-state index is -0.915. The Balaban J connectivity index is 1.93. The van der Waals surface area contributed by atoms with Gasteiger partial charge in [0.1, 0.15) is 25.1 Å². The highest BCUT2D eigenvalue weighted by molar-refractivity contribution is 6.06. The second-order valence-electron chi connectivity index (χ2n) is 5.90. The Morgan fingerprint density at radius 1 is 1.16 bits per heavy atom. The molecule has 128 valence electrons. The van der Waals surface area contributed by atoms with E-state index in [4.69, 9.17) is 9.47 Å². The van der Waals surface area contributed by atoms with E-state index < -0.39 is 12.1 Å². The smallest absolute Gasteiger partial charge is 0.330 e. The molecule has 0 aliphatic heterocycles. The average Bonchev–Trinajstić information content (AvgIpc) is 2.63. The lowest BCUT2D eigenvalue weighted by Crippen LogP contribution is -2.24. The van der Waals surface area contributed by atoms with Crippen molar-refractivity contribution in [1.29, 1.82) is 0 Å². The van der Waals surface area contributed by atoms with E-state index in [1.807, 2.05) is 49.4 Å². The maximum Gasteiger partial charge on any atom is 0.330 e. The second kappa shape index (κ2) is 7.36. The number of ether oxygens (including phenoxy) is 2. The third-order valence-corrected chi connectivity index (χ3v) is 4.05. The highest BCUT2D eigenvalue weighted by Gasteiger charge is 2.14. The number of aryl methyl sites for hydroxylation is 1. The zero-order chi connectivity index (χ0) is 17.8. The van der Waals surface area contributed by atoms with Crippen LogP contribution in [0.4, 0.5) is 0 Å². The number of fused-ring (bicyclic) bond motifs is 2. The normalized spacial score (nSPS) is 12.1. The Kier molecular flexibility index (Phi) is 5.00. The first-order chi connectivity index (χ1) is 12.1. The minimum Gasteiger partial charge on any atom is -0.489 e. The van der Waals surface area contributed by atoms with Crippen LogP contribution in [0.2, 0.25) is 0 Å². The van der Waals surface area contributed by atoms with Gasteiger partial charge in [-0.15, -0.1) is 0 Å². The number of hydrogen-bond acceptors (Lipinski definition) is 4. The molecule has 0 aliphatic carbocycles. The van der Waals surface area contributed by atoms with Crippen molar-refractivity contribution in [2.75, 3.05) is 13.2 Å². The number of benzene rings is 3. The summed E-state index contributed by atoms with van der Waals surface area (Å²) in [7, 11) is 0. The summed E-state index contributed by atoms with van der Waals surface area (Å²) in [5.41, 5.74) is 1.10.